The SMILES string of the molecule is CCC(C)Nc1cc(-c2ccc3c(c2)OCO3)cc(-c2cc(Cl)ccc2O)n1. The smallest absolute Gasteiger partial charge is 0.231 e. The van der Waals surface area contributed by atoms with Crippen molar-refractivity contribution in [1.29, 1.82) is 0 Å². The van der Waals surface area contributed by atoms with Crippen molar-refractivity contribution in [2.24, 2.45) is 0 Å². The topological polar surface area (TPSA) is 63.6 Å². The molecule has 1 aliphatic heterocycles. The Morgan fingerprint density at radius 1 is 1.07 bits per heavy atom. The lowest BCUT2D eigenvalue weighted by Crippen LogP contribution is -2.14. The number of nitrogens with zero attached hydrogens (tertiary/aromatic N) is 1. The maximum absolute atomic E-state index is 10.3. The number of benzene rings is 2. The summed E-state index contributed by atoms with van der Waals surface area (Å²) in [5, 5.41) is 14.3. The third-order valence-corrected chi connectivity index (χ3v) is 5.01. The molecule has 0 fully saturated rings. The molecule has 0 aliphatic carbocycles. The van der Waals surface area contributed by atoms with Gasteiger partial charge < -0.3 is 19.9 Å². The summed E-state index contributed by atoms with van der Waals surface area (Å²) in [6, 6.07) is 15.0. The highest BCUT2D eigenvalue weighted by molar-refractivity contribution is 6.31. The van der Waals surface area contributed by atoms with E-state index in [1.54, 1.807) is 18.2 Å². The van der Waals surface area contributed by atoms with Crippen LogP contribution >= 0.6 is 11.6 Å². The number of fused-ring (bicyclic) bond motifs is 1. The number of hydrogen-bond acceptors (Lipinski definition) is 5. The Balaban J connectivity index is 1.83. The number of aromatic hydroxyl groups is 1. The molecule has 1 atom stereocenters. The zero-order valence-corrected chi connectivity index (χ0v) is 16.5. The number of phenolic OH excluding ortho intramolecular Hbond substituents is 1. The summed E-state index contributed by atoms with van der Waals surface area (Å²) in [5.74, 6) is 2.33. The van der Waals surface area contributed by atoms with Crippen molar-refractivity contribution >= 4 is 17.4 Å². The van der Waals surface area contributed by atoms with Gasteiger partial charge in [-0.1, -0.05) is 24.6 Å². The minimum absolute atomic E-state index is 0.134. The van der Waals surface area contributed by atoms with Crippen molar-refractivity contribution in [3.63, 3.8) is 0 Å². The van der Waals surface area contributed by atoms with Crippen LogP contribution in [0.5, 0.6) is 17.2 Å². The number of rotatable bonds is 5. The van der Waals surface area contributed by atoms with Crippen molar-refractivity contribution in [2.45, 2.75) is 26.3 Å². The van der Waals surface area contributed by atoms with E-state index >= 15 is 0 Å². The molecule has 5 nitrogen and oxygen atoms in total. The Bertz CT molecular complexity index is 1020. The maximum Gasteiger partial charge on any atom is 0.231 e. The molecule has 6 heteroatoms. The molecular weight excluding hydrogens is 376 g/mol. The molecule has 0 bridgehead atoms. The van der Waals surface area contributed by atoms with Crippen molar-refractivity contribution < 1.29 is 14.6 Å². The van der Waals surface area contributed by atoms with Crippen LogP contribution in [0.15, 0.2) is 48.5 Å². The van der Waals surface area contributed by atoms with Crippen LogP contribution in [0.4, 0.5) is 5.82 Å². The van der Waals surface area contributed by atoms with Gasteiger partial charge in [0.25, 0.3) is 0 Å². The van der Waals surface area contributed by atoms with E-state index in [1.807, 2.05) is 30.3 Å². The van der Waals surface area contributed by atoms with Gasteiger partial charge in [0.05, 0.1) is 5.69 Å². The Morgan fingerprint density at radius 3 is 2.71 bits per heavy atom. The number of pyridine rings is 1. The first kappa shape index (κ1) is 18.4. The molecule has 1 unspecified atom stereocenters. The van der Waals surface area contributed by atoms with Gasteiger partial charge in [0.2, 0.25) is 6.79 Å². The summed E-state index contributed by atoms with van der Waals surface area (Å²) >= 11 is 6.15. The summed E-state index contributed by atoms with van der Waals surface area (Å²) in [6.45, 7) is 4.45. The minimum atomic E-state index is 0.134. The predicted octanol–water partition coefficient (Wildman–Crippen LogP) is 5.71. The molecule has 0 spiro atoms. The Kier molecular flexibility index (Phi) is 5.01. The van der Waals surface area contributed by atoms with E-state index in [0.29, 0.717) is 16.3 Å². The number of halogens is 1. The molecule has 0 radical (unpaired) electrons. The monoisotopic (exact) mass is 396 g/mol. The van der Waals surface area contributed by atoms with E-state index in [4.69, 9.17) is 26.1 Å². The normalized spacial score (nSPS) is 13.4. The number of aromatic nitrogens is 1. The Hall–Kier alpha value is -2.92. The first-order valence-electron chi connectivity index (χ1n) is 9.21. The lowest BCUT2D eigenvalue weighted by Gasteiger charge is -2.16. The second-order valence-corrected chi connectivity index (χ2v) is 7.25. The highest BCUT2D eigenvalue weighted by atomic mass is 35.5. The number of hydrogen-bond donors (Lipinski definition) is 2. The first-order chi connectivity index (χ1) is 13.5. The van der Waals surface area contributed by atoms with Gasteiger partial charge in [0.1, 0.15) is 11.6 Å². The Labute approximate surface area is 168 Å². The molecule has 28 heavy (non-hydrogen) atoms. The van der Waals surface area contributed by atoms with Gasteiger partial charge in [0.15, 0.2) is 11.5 Å². The molecule has 3 aromatic rings. The van der Waals surface area contributed by atoms with Crippen LogP contribution in [0.3, 0.4) is 0 Å². The number of ether oxygens (including phenoxy) is 2. The van der Waals surface area contributed by atoms with Crippen molar-refractivity contribution in [3.8, 4) is 39.6 Å². The van der Waals surface area contributed by atoms with Crippen LogP contribution < -0.4 is 14.8 Å². The molecule has 2 N–H and O–H groups in total. The summed E-state index contributed by atoms with van der Waals surface area (Å²) in [5.41, 5.74) is 3.15. The zero-order chi connectivity index (χ0) is 19.7. The van der Waals surface area contributed by atoms with Gasteiger partial charge >= 0.3 is 0 Å². The molecule has 2 aromatic carbocycles. The quantitative estimate of drug-likeness (QED) is 0.578. The highest BCUT2D eigenvalue weighted by Gasteiger charge is 2.16. The van der Waals surface area contributed by atoms with Gasteiger partial charge in [-0.05, 0) is 66.9 Å². The molecule has 0 saturated carbocycles. The van der Waals surface area contributed by atoms with Gasteiger partial charge in [-0.15, -0.1) is 0 Å². The van der Waals surface area contributed by atoms with E-state index in [-0.39, 0.29) is 18.6 Å². The fraction of sp³-hybridized carbons (Fsp3) is 0.227. The van der Waals surface area contributed by atoms with E-state index in [2.05, 4.69) is 19.2 Å². The minimum Gasteiger partial charge on any atom is -0.507 e. The standard InChI is InChI=1S/C22H21ClN2O3/c1-3-13(2)24-22-10-15(14-4-7-20-21(9-14)28-12-27-20)8-18(25-22)17-11-16(23)5-6-19(17)26/h4-11,13,26H,3,12H2,1-2H3,(H,24,25). The summed E-state index contributed by atoms with van der Waals surface area (Å²) in [6.07, 6.45) is 0.966. The average molecular weight is 397 g/mol. The van der Waals surface area contributed by atoms with Gasteiger partial charge in [-0.25, -0.2) is 4.98 Å². The average Bonchev–Trinajstić information content (AvgIpc) is 3.17. The van der Waals surface area contributed by atoms with Crippen LogP contribution in [0.25, 0.3) is 22.4 Å². The van der Waals surface area contributed by atoms with Crippen molar-refractivity contribution in [3.05, 3.63) is 53.6 Å². The second-order valence-electron chi connectivity index (χ2n) is 6.81. The van der Waals surface area contributed by atoms with E-state index in [0.717, 1.165) is 34.9 Å². The van der Waals surface area contributed by atoms with Gasteiger partial charge in [0, 0.05) is 16.6 Å². The van der Waals surface area contributed by atoms with Crippen LogP contribution in [0.2, 0.25) is 5.02 Å². The number of anilines is 1. The van der Waals surface area contributed by atoms with Gasteiger partial charge in [-0.3, -0.25) is 0 Å². The van der Waals surface area contributed by atoms with Gasteiger partial charge in [-0.2, -0.15) is 0 Å². The third-order valence-electron chi connectivity index (χ3n) is 4.77. The van der Waals surface area contributed by atoms with Crippen molar-refractivity contribution in [2.75, 3.05) is 12.1 Å². The molecular formula is C22H21ClN2O3. The zero-order valence-electron chi connectivity index (χ0n) is 15.7. The molecule has 1 aromatic heterocycles. The van der Waals surface area contributed by atoms with Crippen LogP contribution in [-0.4, -0.2) is 22.9 Å². The van der Waals surface area contributed by atoms with Crippen LogP contribution in [0, 0.1) is 0 Å². The third kappa shape index (κ3) is 3.71. The molecule has 144 valence electrons. The first-order valence-corrected chi connectivity index (χ1v) is 9.59. The Morgan fingerprint density at radius 2 is 1.89 bits per heavy atom. The maximum atomic E-state index is 10.3. The summed E-state index contributed by atoms with van der Waals surface area (Å²) in [4.78, 5) is 4.71. The van der Waals surface area contributed by atoms with E-state index in [1.165, 1.54) is 0 Å². The lowest BCUT2D eigenvalue weighted by molar-refractivity contribution is 0.174. The summed E-state index contributed by atoms with van der Waals surface area (Å²) < 4.78 is 10.9. The fourth-order valence-electron chi connectivity index (χ4n) is 3.05. The number of nitrogens with one attached hydrogen (secondary N) is 1. The molecule has 2 heterocycles. The molecule has 1 aliphatic rings. The fourth-order valence-corrected chi connectivity index (χ4v) is 3.23. The van der Waals surface area contributed by atoms with Crippen LogP contribution in [0.1, 0.15) is 20.3 Å². The largest absolute Gasteiger partial charge is 0.507 e. The molecule has 0 saturated heterocycles. The number of phenols is 1. The molecule has 4 rings (SSSR count). The predicted molar refractivity (Wildman–Crippen MR) is 111 cm³/mol. The highest BCUT2D eigenvalue weighted by Crippen LogP contribution is 2.38. The van der Waals surface area contributed by atoms with Crippen LogP contribution in [-0.2, 0) is 0 Å². The summed E-state index contributed by atoms with van der Waals surface area (Å²) in [7, 11) is 0. The van der Waals surface area contributed by atoms with Crippen molar-refractivity contribution in [1.82, 2.24) is 4.98 Å². The second kappa shape index (κ2) is 7.60. The lowest BCUT2D eigenvalue weighted by atomic mass is 10.0. The molecule has 0 amide bonds. The van der Waals surface area contributed by atoms with E-state index < -0.39 is 0 Å². The van der Waals surface area contributed by atoms with E-state index in [9.17, 15) is 5.11 Å².